The van der Waals surface area contributed by atoms with Gasteiger partial charge in [0.25, 0.3) is 0 Å². The van der Waals surface area contributed by atoms with Crippen LogP contribution >= 0.6 is 0 Å². The third-order valence-corrected chi connectivity index (χ3v) is 1.91. The maximum atomic E-state index is 10.9. The van der Waals surface area contributed by atoms with Gasteiger partial charge in [-0.2, -0.15) is 5.26 Å². The quantitative estimate of drug-likeness (QED) is 0.617. The maximum Gasteiger partial charge on any atom is 0.239 e. The largest absolute Gasteiger partial charge is 0.398 e. The predicted molar refractivity (Wildman–Crippen MR) is 58.1 cm³/mol. The van der Waals surface area contributed by atoms with E-state index < -0.39 is 0 Å². The van der Waals surface area contributed by atoms with Crippen molar-refractivity contribution in [2.45, 2.75) is 0 Å². The number of hydrogen-bond donors (Lipinski definition) is 3. The van der Waals surface area contributed by atoms with E-state index in [1.54, 1.807) is 25.2 Å². The van der Waals surface area contributed by atoms with Crippen LogP contribution in [-0.4, -0.2) is 19.5 Å². The zero-order valence-electron chi connectivity index (χ0n) is 8.37. The first-order chi connectivity index (χ1) is 7.17. The highest BCUT2D eigenvalue weighted by Gasteiger charge is 2.01. The second-order valence-corrected chi connectivity index (χ2v) is 2.94. The van der Waals surface area contributed by atoms with Gasteiger partial charge in [-0.15, -0.1) is 0 Å². The third kappa shape index (κ3) is 2.88. The van der Waals surface area contributed by atoms with Gasteiger partial charge in [0.1, 0.15) is 6.07 Å². The van der Waals surface area contributed by atoms with E-state index in [4.69, 9.17) is 11.0 Å². The van der Waals surface area contributed by atoms with Crippen LogP contribution in [0.3, 0.4) is 0 Å². The number of carbonyl (C=O) groups excluding carboxylic acids is 1. The molecule has 0 bridgehead atoms. The van der Waals surface area contributed by atoms with E-state index in [0.717, 1.165) is 0 Å². The minimum Gasteiger partial charge on any atom is -0.398 e. The third-order valence-electron chi connectivity index (χ3n) is 1.91. The van der Waals surface area contributed by atoms with E-state index in [0.29, 0.717) is 16.9 Å². The van der Waals surface area contributed by atoms with Gasteiger partial charge in [0.05, 0.1) is 12.1 Å². The average molecular weight is 204 g/mol. The summed E-state index contributed by atoms with van der Waals surface area (Å²) >= 11 is 0. The molecule has 15 heavy (non-hydrogen) atoms. The number of nitrogen functional groups attached to an aromatic ring is 1. The fourth-order valence-electron chi connectivity index (χ4n) is 1.03. The van der Waals surface area contributed by atoms with Crippen LogP contribution in [0.5, 0.6) is 0 Å². The first-order valence-electron chi connectivity index (χ1n) is 4.41. The van der Waals surface area contributed by atoms with Crippen LogP contribution in [0, 0.1) is 11.3 Å². The lowest BCUT2D eigenvalue weighted by atomic mass is 10.2. The minimum atomic E-state index is -0.120. The molecule has 0 saturated carbocycles. The lowest BCUT2D eigenvalue weighted by molar-refractivity contribution is -0.118. The lowest BCUT2D eigenvalue weighted by Crippen LogP contribution is -2.26. The SMILES string of the molecule is CNC(=O)CNc1ccc(N)c(C#N)c1. The van der Waals surface area contributed by atoms with Gasteiger partial charge in [-0.05, 0) is 18.2 Å². The van der Waals surface area contributed by atoms with Gasteiger partial charge in [0.2, 0.25) is 5.91 Å². The van der Waals surface area contributed by atoms with Crippen LogP contribution in [0.15, 0.2) is 18.2 Å². The Kier molecular flexibility index (Phi) is 3.52. The van der Waals surface area contributed by atoms with Crippen molar-refractivity contribution in [1.82, 2.24) is 5.32 Å². The van der Waals surface area contributed by atoms with Gasteiger partial charge < -0.3 is 16.4 Å². The molecular formula is C10H12N4O. The number of nitrogens with one attached hydrogen (secondary N) is 2. The molecule has 0 spiro atoms. The molecule has 0 aliphatic rings. The molecule has 0 aliphatic carbocycles. The molecule has 0 atom stereocenters. The standard InChI is InChI=1S/C10H12N4O/c1-13-10(15)6-14-8-2-3-9(12)7(4-8)5-11/h2-4,14H,6,12H2,1H3,(H,13,15). The fraction of sp³-hybridized carbons (Fsp3) is 0.200. The molecule has 0 saturated heterocycles. The second-order valence-electron chi connectivity index (χ2n) is 2.94. The lowest BCUT2D eigenvalue weighted by Gasteiger charge is -2.06. The Bertz CT molecular complexity index is 408. The average Bonchev–Trinajstić information content (AvgIpc) is 2.27. The van der Waals surface area contributed by atoms with Crippen LogP contribution < -0.4 is 16.4 Å². The van der Waals surface area contributed by atoms with Crippen molar-refractivity contribution in [1.29, 1.82) is 5.26 Å². The van der Waals surface area contributed by atoms with Gasteiger partial charge in [0, 0.05) is 18.4 Å². The number of hydrogen-bond acceptors (Lipinski definition) is 4. The molecule has 0 fully saturated rings. The number of likely N-dealkylation sites (N-methyl/N-ethyl adjacent to an activating group) is 1. The summed E-state index contributed by atoms with van der Waals surface area (Å²) in [6.07, 6.45) is 0. The summed E-state index contributed by atoms with van der Waals surface area (Å²) in [6.45, 7) is 0.172. The molecule has 5 nitrogen and oxygen atoms in total. The molecule has 1 amide bonds. The molecule has 0 aromatic heterocycles. The van der Waals surface area contributed by atoms with Gasteiger partial charge >= 0.3 is 0 Å². The molecule has 0 aliphatic heterocycles. The molecule has 5 heteroatoms. The summed E-state index contributed by atoms with van der Waals surface area (Å²) in [5.74, 6) is -0.120. The Balaban J connectivity index is 2.71. The summed E-state index contributed by atoms with van der Waals surface area (Å²) < 4.78 is 0. The normalized spacial score (nSPS) is 9.07. The number of nitrogens with two attached hydrogens (primary N) is 1. The van der Waals surface area contributed by atoms with Crippen molar-refractivity contribution in [2.24, 2.45) is 0 Å². The second kappa shape index (κ2) is 4.86. The number of anilines is 2. The Morgan fingerprint density at radius 3 is 2.93 bits per heavy atom. The molecule has 0 heterocycles. The van der Waals surface area contributed by atoms with Crippen LogP contribution in [0.2, 0.25) is 0 Å². The molecular weight excluding hydrogens is 192 g/mol. The maximum absolute atomic E-state index is 10.9. The predicted octanol–water partition coefficient (Wildman–Crippen LogP) is 0.298. The van der Waals surface area contributed by atoms with Gasteiger partial charge in [-0.25, -0.2) is 0 Å². The van der Waals surface area contributed by atoms with E-state index >= 15 is 0 Å². The first-order valence-corrected chi connectivity index (χ1v) is 4.41. The smallest absolute Gasteiger partial charge is 0.239 e. The summed E-state index contributed by atoms with van der Waals surface area (Å²) in [7, 11) is 1.56. The monoisotopic (exact) mass is 204 g/mol. The highest BCUT2D eigenvalue weighted by Crippen LogP contribution is 2.16. The van der Waals surface area contributed by atoms with Crippen molar-refractivity contribution in [3.05, 3.63) is 23.8 Å². The minimum absolute atomic E-state index is 0.120. The van der Waals surface area contributed by atoms with Gasteiger partial charge in [-0.1, -0.05) is 0 Å². The summed E-state index contributed by atoms with van der Waals surface area (Å²) in [6, 6.07) is 6.93. The van der Waals surface area contributed by atoms with E-state index in [2.05, 4.69) is 10.6 Å². The van der Waals surface area contributed by atoms with Crippen LogP contribution in [0.4, 0.5) is 11.4 Å². The molecule has 1 rings (SSSR count). The van der Waals surface area contributed by atoms with Crippen LogP contribution in [0.1, 0.15) is 5.56 Å². The number of benzene rings is 1. The molecule has 0 radical (unpaired) electrons. The van der Waals surface area contributed by atoms with Crippen molar-refractivity contribution in [2.75, 3.05) is 24.6 Å². The Morgan fingerprint density at radius 1 is 1.60 bits per heavy atom. The number of carbonyl (C=O) groups is 1. The summed E-state index contributed by atoms with van der Waals surface area (Å²) in [5.41, 5.74) is 7.08. The van der Waals surface area contributed by atoms with Crippen molar-refractivity contribution in [3.63, 3.8) is 0 Å². The van der Waals surface area contributed by atoms with Gasteiger partial charge in [0.15, 0.2) is 0 Å². The molecule has 1 aromatic carbocycles. The Morgan fingerprint density at radius 2 is 2.33 bits per heavy atom. The van der Waals surface area contributed by atoms with Crippen molar-refractivity contribution in [3.8, 4) is 6.07 Å². The van der Waals surface area contributed by atoms with E-state index in [1.165, 1.54) is 0 Å². The van der Waals surface area contributed by atoms with Gasteiger partial charge in [-0.3, -0.25) is 4.79 Å². The number of nitrogens with zero attached hydrogens (tertiary/aromatic N) is 1. The molecule has 0 unspecified atom stereocenters. The van der Waals surface area contributed by atoms with Crippen molar-refractivity contribution >= 4 is 17.3 Å². The van der Waals surface area contributed by atoms with Crippen LogP contribution in [-0.2, 0) is 4.79 Å². The highest BCUT2D eigenvalue weighted by atomic mass is 16.1. The fourth-order valence-corrected chi connectivity index (χ4v) is 1.03. The Labute approximate surface area is 87.9 Å². The van der Waals surface area contributed by atoms with E-state index in [1.807, 2.05) is 6.07 Å². The van der Waals surface area contributed by atoms with Crippen LogP contribution in [0.25, 0.3) is 0 Å². The summed E-state index contributed by atoms with van der Waals surface area (Å²) in [4.78, 5) is 10.9. The summed E-state index contributed by atoms with van der Waals surface area (Å²) in [5, 5.41) is 14.1. The Hall–Kier alpha value is -2.22. The number of rotatable bonds is 3. The van der Waals surface area contributed by atoms with E-state index in [9.17, 15) is 4.79 Å². The number of nitriles is 1. The molecule has 4 N–H and O–H groups in total. The topological polar surface area (TPSA) is 90.9 Å². The number of amides is 1. The molecule has 78 valence electrons. The molecule has 1 aromatic rings. The zero-order valence-corrected chi connectivity index (χ0v) is 8.37. The van der Waals surface area contributed by atoms with E-state index in [-0.39, 0.29) is 12.5 Å². The first kappa shape index (κ1) is 10.9. The zero-order chi connectivity index (χ0) is 11.3. The van der Waals surface area contributed by atoms with Crippen molar-refractivity contribution < 1.29 is 4.79 Å². The highest BCUT2D eigenvalue weighted by molar-refractivity contribution is 5.80.